The molecule has 0 aromatic heterocycles. The monoisotopic (exact) mass is 311 g/mol. The third-order valence-electron chi connectivity index (χ3n) is 2.90. The normalized spacial score (nSPS) is 11.6. The number of benzene rings is 2. The second-order valence-electron chi connectivity index (χ2n) is 4.78. The summed E-state index contributed by atoms with van der Waals surface area (Å²) in [4.78, 5) is 0.213. The number of aryl methyl sites for hydroxylation is 1. The van der Waals surface area contributed by atoms with Crippen molar-refractivity contribution in [2.45, 2.75) is 30.4 Å². The molecule has 0 saturated heterocycles. The third kappa shape index (κ3) is 5.81. The maximum absolute atomic E-state index is 12.2. The molecule has 0 amide bonds. The van der Waals surface area contributed by atoms with Crippen molar-refractivity contribution < 1.29 is 13.2 Å². The molecule has 0 saturated carbocycles. The Morgan fingerprint density at radius 3 is 2.24 bits per heavy atom. The highest BCUT2D eigenvalue weighted by atomic mass is 32.2. The van der Waals surface area contributed by atoms with Gasteiger partial charge in [-0.2, -0.15) is 13.2 Å². The van der Waals surface area contributed by atoms with Crippen LogP contribution < -0.4 is 5.32 Å². The zero-order valence-electron chi connectivity index (χ0n) is 11.6. The average molecular weight is 311 g/mol. The maximum Gasteiger partial charge on any atom is 0.446 e. The van der Waals surface area contributed by atoms with Crippen molar-refractivity contribution in [3.8, 4) is 0 Å². The average Bonchev–Trinajstić information content (AvgIpc) is 2.39. The lowest BCUT2D eigenvalue weighted by atomic mass is 10.1. The molecule has 0 unspecified atom stereocenters. The molecule has 0 aliphatic carbocycles. The molecule has 2 aromatic carbocycles. The van der Waals surface area contributed by atoms with E-state index in [1.165, 1.54) is 23.3 Å². The summed E-state index contributed by atoms with van der Waals surface area (Å²) in [5.74, 6) is 0. The van der Waals surface area contributed by atoms with Crippen molar-refractivity contribution in [3.05, 3.63) is 65.2 Å². The Labute approximate surface area is 126 Å². The molecular formula is C16H16F3NS. The third-order valence-corrected chi connectivity index (χ3v) is 3.64. The predicted octanol–water partition coefficient (Wildman–Crippen LogP) is 4.90. The first kappa shape index (κ1) is 15.9. The molecule has 0 fully saturated rings. The topological polar surface area (TPSA) is 12.0 Å². The van der Waals surface area contributed by atoms with Crippen LogP contribution in [0, 0.1) is 6.92 Å². The van der Waals surface area contributed by atoms with Crippen LogP contribution in [0.4, 0.5) is 13.2 Å². The van der Waals surface area contributed by atoms with Gasteiger partial charge in [-0.05, 0) is 41.9 Å². The minimum absolute atomic E-state index is 0.0887. The first-order chi connectivity index (χ1) is 9.92. The lowest BCUT2D eigenvalue weighted by Gasteiger charge is -2.08. The van der Waals surface area contributed by atoms with E-state index in [1.54, 1.807) is 12.1 Å². The Hall–Kier alpha value is -1.46. The lowest BCUT2D eigenvalue weighted by molar-refractivity contribution is -0.0328. The number of hydrogen-bond donors (Lipinski definition) is 1. The first-order valence-electron chi connectivity index (χ1n) is 6.53. The van der Waals surface area contributed by atoms with Crippen LogP contribution in [0.3, 0.4) is 0 Å². The van der Waals surface area contributed by atoms with Gasteiger partial charge in [0.05, 0.1) is 0 Å². The van der Waals surface area contributed by atoms with Gasteiger partial charge in [-0.3, -0.25) is 0 Å². The Balaban J connectivity index is 1.84. The molecule has 21 heavy (non-hydrogen) atoms. The number of hydrogen-bond acceptors (Lipinski definition) is 2. The van der Waals surface area contributed by atoms with Crippen molar-refractivity contribution in [2.75, 3.05) is 0 Å². The van der Waals surface area contributed by atoms with Crippen molar-refractivity contribution in [3.63, 3.8) is 0 Å². The van der Waals surface area contributed by atoms with Gasteiger partial charge in [-0.25, -0.2) is 0 Å². The number of nitrogens with one attached hydrogen (secondary N) is 1. The molecule has 0 aliphatic heterocycles. The summed E-state index contributed by atoms with van der Waals surface area (Å²) in [5.41, 5.74) is -0.860. The van der Waals surface area contributed by atoms with Crippen molar-refractivity contribution in [1.82, 2.24) is 5.32 Å². The van der Waals surface area contributed by atoms with Crippen LogP contribution in [-0.4, -0.2) is 5.51 Å². The van der Waals surface area contributed by atoms with Gasteiger partial charge in [-0.1, -0.05) is 42.0 Å². The quantitative estimate of drug-likeness (QED) is 0.789. The second kappa shape index (κ2) is 7.00. The maximum atomic E-state index is 12.2. The zero-order chi connectivity index (χ0) is 15.3. The largest absolute Gasteiger partial charge is 0.446 e. The summed E-state index contributed by atoms with van der Waals surface area (Å²) in [6, 6.07) is 14.6. The summed E-state index contributed by atoms with van der Waals surface area (Å²) < 4.78 is 36.6. The van der Waals surface area contributed by atoms with Gasteiger partial charge in [0.2, 0.25) is 0 Å². The molecule has 0 heterocycles. The van der Waals surface area contributed by atoms with Gasteiger partial charge in [0.1, 0.15) is 0 Å². The van der Waals surface area contributed by atoms with Crippen molar-refractivity contribution in [2.24, 2.45) is 0 Å². The highest BCUT2D eigenvalue weighted by Gasteiger charge is 2.28. The van der Waals surface area contributed by atoms with Gasteiger partial charge in [0, 0.05) is 18.0 Å². The van der Waals surface area contributed by atoms with E-state index in [-0.39, 0.29) is 16.7 Å². The van der Waals surface area contributed by atoms with E-state index in [1.807, 2.05) is 25.1 Å². The van der Waals surface area contributed by atoms with E-state index in [4.69, 9.17) is 0 Å². The number of halogens is 3. The standard InChI is InChI=1S/C16H16F3NS/c1-12-3-2-4-14(9-12)11-20-10-13-5-7-15(8-6-13)21-16(17,18)19/h2-9,20H,10-11H2,1H3. The molecule has 0 bridgehead atoms. The summed E-state index contributed by atoms with van der Waals surface area (Å²) in [7, 11) is 0. The molecule has 1 N–H and O–H groups in total. The number of alkyl halides is 3. The van der Waals surface area contributed by atoms with E-state index in [2.05, 4.69) is 11.4 Å². The van der Waals surface area contributed by atoms with E-state index >= 15 is 0 Å². The highest BCUT2D eigenvalue weighted by Crippen LogP contribution is 2.36. The molecule has 0 radical (unpaired) electrons. The first-order valence-corrected chi connectivity index (χ1v) is 7.35. The zero-order valence-corrected chi connectivity index (χ0v) is 12.4. The molecular weight excluding hydrogens is 295 g/mol. The molecule has 1 nitrogen and oxygen atoms in total. The van der Waals surface area contributed by atoms with Crippen LogP contribution in [0.1, 0.15) is 16.7 Å². The Morgan fingerprint density at radius 2 is 1.62 bits per heavy atom. The summed E-state index contributed by atoms with van der Waals surface area (Å²) in [5, 5.41) is 3.28. The molecule has 2 aromatic rings. The Bertz CT molecular complexity index is 579. The van der Waals surface area contributed by atoms with Gasteiger partial charge in [0.15, 0.2) is 0 Å². The summed E-state index contributed by atoms with van der Waals surface area (Å²) >= 11 is -0.0887. The van der Waals surface area contributed by atoms with Crippen molar-refractivity contribution in [1.29, 1.82) is 0 Å². The van der Waals surface area contributed by atoms with Crippen molar-refractivity contribution >= 4 is 11.8 Å². The van der Waals surface area contributed by atoms with Crippen LogP contribution in [0.5, 0.6) is 0 Å². The molecule has 112 valence electrons. The Kier molecular flexibility index (Phi) is 5.31. The van der Waals surface area contributed by atoms with E-state index in [0.29, 0.717) is 6.54 Å². The summed E-state index contributed by atoms with van der Waals surface area (Å²) in [6.45, 7) is 3.41. The lowest BCUT2D eigenvalue weighted by Crippen LogP contribution is -2.12. The number of rotatable bonds is 5. The molecule has 0 aliphatic rings. The predicted molar refractivity (Wildman–Crippen MR) is 80.1 cm³/mol. The van der Waals surface area contributed by atoms with E-state index in [0.717, 1.165) is 12.1 Å². The van der Waals surface area contributed by atoms with Crippen LogP contribution in [0.15, 0.2) is 53.4 Å². The summed E-state index contributed by atoms with van der Waals surface area (Å²) in [6.07, 6.45) is 0. The van der Waals surface area contributed by atoms with Gasteiger partial charge in [-0.15, -0.1) is 0 Å². The second-order valence-corrected chi connectivity index (χ2v) is 5.92. The Morgan fingerprint density at radius 1 is 0.952 bits per heavy atom. The van der Waals surface area contributed by atoms with Crippen LogP contribution in [-0.2, 0) is 13.1 Å². The minimum atomic E-state index is -4.23. The highest BCUT2D eigenvalue weighted by molar-refractivity contribution is 8.00. The molecule has 0 spiro atoms. The molecule has 5 heteroatoms. The van der Waals surface area contributed by atoms with Crippen LogP contribution in [0.2, 0.25) is 0 Å². The fourth-order valence-electron chi connectivity index (χ4n) is 1.98. The van der Waals surface area contributed by atoms with Crippen LogP contribution in [0.25, 0.3) is 0 Å². The fourth-order valence-corrected chi connectivity index (χ4v) is 2.52. The minimum Gasteiger partial charge on any atom is -0.309 e. The van der Waals surface area contributed by atoms with Gasteiger partial charge in [0.25, 0.3) is 0 Å². The number of thioether (sulfide) groups is 1. The van der Waals surface area contributed by atoms with Gasteiger partial charge >= 0.3 is 5.51 Å². The van der Waals surface area contributed by atoms with Crippen LogP contribution >= 0.6 is 11.8 Å². The molecule has 2 rings (SSSR count). The van der Waals surface area contributed by atoms with Gasteiger partial charge < -0.3 is 5.32 Å². The van der Waals surface area contributed by atoms with E-state index in [9.17, 15) is 13.2 Å². The smallest absolute Gasteiger partial charge is 0.309 e. The molecule has 0 atom stereocenters. The fraction of sp³-hybridized carbons (Fsp3) is 0.250. The van der Waals surface area contributed by atoms with E-state index < -0.39 is 5.51 Å². The SMILES string of the molecule is Cc1cccc(CNCc2ccc(SC(F)(F)F)cc2)c1.